The van der Waals surface area contributed by atoms with E-state index in [1.165, 1.54) is 0 Å². The van der Waals surface area contributed by atoms with Crippen molar-refractivity contribution in [3.8, 4) is 5.88 Å². The van der Waals surface area contributed by atoms with Crippen LogP contribution in [-0.4, -0.2) is 50.9 Å². The lowest BCUT2D eigenvalue weighted by Crippen LogP contribution is -2.53. The van der Waals surface area contributed by atoms with Gasteiger partial charge in [-0.25, -0.2) is 4.98 Å². The highest BCUT2D eigenvalue weighted by Crippen LogP contribution is 2.29. The Balaban J connectivity index is 1.46. The van der Waals surface area contributed by atoms with Crippen LogP contribution in [0.25, 0.3) is 0 Å². The molecule has 0 amide bonds. The number of rotatable bonds is 5. The van der Waals surface area contributed by atoms with Gasteiger partial charge in [-0.3, -0.25) is 4.98 Å². The van der Waals surface area contributed by atoms with Crippen molar-refractivity contribution in [1.29, 1.82) is 0 Å². The van der Waals surface area contributed by atoms with E-state index in [9.17, 15) is 5.11 Å². The SMILES string of the molecule is Cc1c(OC2=CCCC=C2)nnc(N2CCN(c3cnc(C(C)(C)O)cn3)[C@H](C)C2)c1C. The largest absolute Gasteiger partial charge is 0.438 e. The molecule has 8 heteroatoms. The van der Waals surface area contributed by atoms with Gasteiger partial charge in [-0.1, -0.05) is 6.08 Å². The third-order valence-corrected chi connectivity index (χ3v) is 6.12. The fourth-order valence-electron chi connectivity index (χ4n) is 4.02. The maximum atomic E-state index is 10.1. The highest BCUT2D eigenvalue weighted by atomic mass is 16.5. The molecule has 3 heterocycles. The van der Waals surface area contributed by atoms with Gasteiger partial charge >= 0.3 is 0 Å². The standard InChI is InChI=1S/C24H32N6O2/c1-16-15-29(11-12-30(16)21-14-25-20(13-26-21)24(4,5)31)22-17(2)18(3)23(28-27-22)32-19-9-7-6-8-10-19/h7,9-10,13-14,16,31H,6,8,11-12,15H2,1-5H3/t16-/m1/s1. The van der Waals surface area contributed by atoms with Gasteiger partial charge in [0.05, 0.1) is 18.1 Å². The maximum Gasteiger partial charge on any atom is 0.242 e. The summed E-state index contributed by atoms with van der Waals surface area (Å²) in [5.41, 5.74) is 1.67. The number of ether oxygens (including phenoxy) is 1. The summed E-state index contributed by atoms with van der Waals surface area (Å²) in [6.45, 7) is 12.1. The lowest BCUT2D eigenvalue weighted by atomic mass is 10.1. The van der Waals surface area contributed by atoms with Crippen molar-refractivity contribution >= 4 is 11.6 Å². The van der Waals surface area contributed by atoms with Crippen LogP contribution in [0.1, 0.15) is 50.4 Å². The van der Waals surface area contributed by atoms with Gasteiger partial charge in [0.2, 0.25) is 5.88 Å². The molecule has 1 aliphatic heterocycles. The van der Waals surface area contributed by atoms with Crippen molar-refractivity contribution in [2.24, 2.45) is 0 Å². The number of aromatic nitrogens is 4. The van der Waals surface area contributed by atoms with Crippen molar-refractivity contribution in [2.75, 3.05) is 29.4 Å². The lowest BCUT2D eigenvalue weighted by Gasteiger charge is -2.41. The second kappa shape index (κ2) is 8.86. The smallest absolute Gasteiger partial charge is 0.242 e. The Morgan fingerprint density at radius 1 is 1.06 bits per heavy atom. The van der Waals surface area contributed by atoms with Gasteiger partial charge in [0.15, 0.2) is 5.82 Å². The molecule has 4 rings (SSSR count). The van der Waals surface area contributed by atoms with Gasteiger partial charge in [0.1, 0.15) is 17.2 Å². The number of hydrogen-bond acceptors (Lipinski definition) is 8. The summed E-state index contributed by atoms with van der Waals surface area (Å²) in [7, 11) is 0. The molecule has 0 radical (unpaired) electrons. The van der Waals surface area contributed by atoms with Crippen molar-refractivity contribution in [3.05, 3.63) is 53.2 Å². The molecule has 8 nitrogen and oxygen atoms in total. The molecule has 2 aromatic rings. The highest BCUT2D eigenvalue weighted by molar-refractivity contribution is 5.54. The number of allylic oxidation sites excluding steroid dienone is 3. The Morgan fingerprint density at radius 3 is 2.50 bits per heavy atom. The van der Waals surface area contributed by atoms with Crippen molar-refractivity contribution in [3.63, 3.8) is 0 Å². The summed E-state index contributed by atoms with van der Waals surface area (Å²) in [6.07, 6.45) is 11.6. The van der Waals surface area contributed by atoms with E-state index in [1.54, 1.807) is 26.2 Å². The zero-order chi connectivity index (χ0) is 22.9. The quantitative estimate of drug-likeness (QED) is 0.763. The molecule has 1 atom stereocenters. The number of aliphatic hydroxyl groups is 1. The van der Waals surface area contributed by atoms with Crippen molar-refractivity contribution in [2.45, 2.75) is 59.1 Å². The molecule has 1 saturated heterocycles. The van der Waals surface area contributed by atoms with Gasteiger partial charge in [0, 0.05) is 36.8 Å². The van der Waals surface area contributed by atoms with Crippen LogP contribution < -0.4 is 14.5 Å². The molecule has 1 N–H and O–H groups in total. The summed E-state index contributed by atoms with van der Waals surface area (Å²) in [5, 5.41) is 19.0. The summed E-state index contributed by atoms with van der Waals surface area (Å²) in [4.78, 5) is 13.5. The Bertz CT molecular complexity index is 1030. The van der Waals surface area contributed by atoms with E-state index in [1.807, 2.05) is 13.0 Å². The minimum atomic E-state index is -0.996. The second-order valence-corrected chi connectivity index (χ2v) is 9.07. The van der Waals surface area contributed by atoms with Crippen LogP contribution in [0.5, 0.6) is 5.88 Å². The summed E-state index contributed by atoms with van der Waals surface area (Å²) in [6, 6.07) is 0.223. The fourth-order valence-corrected chi connectivity index (χ4v) is 4.02. The Kier molecular flexibility index (Phi) is 6.15. The van der Waals surface area contributed by atoms with Crippen LogP contribution >= 0.6 is 0 Å². The van der Waals surface area contributed by atoms with Gasteiger partial charge in [-0.05, 0) is 59.6 Å². The van der Waals surface area contributed by atoms with Crippen LogP contribution in [0.2, 0.25) is 0 Å². The second-order valence-electron chi connectivity index (χ2n) is 9.07. The normalized spacial score (nSPS) is 19.2. The monoisotopic (exact) mass is 436 g/mol. The van der Waals surface area contributed by atoms with Gasteiger partial charge < -0.3 is 19.6 Å². The van der Waals surface area contributed by atoms with Gasteiger partial charge in [0.25, 0.3) is 0 Å². The summed E-state index contributed by atoms with van der Waals surface area (Å²) in [5.74, 6) is 3.12. The number of piperazine rings is 1. The van der Waals surface area contributed by atoms with E-state index >= 15 is 0 Å². The highest BCUT2D eigenvalue weighted by Gasteiger charge is 2.28. The molecular formula is C24H32N6O2. The average Bonchev–Trinajstić information content (AvgIpc) is 2.77. The zero-order valence-corrected chi connectivity index (χ0v) is 19.5. The zero-order valence-electron chi connectivity index (χ0n) is 19.5. The predicted octanol–water partition coefficient (Wildman–Crippen LogP) is 3.44. The van der Waals surface area contributed by atoms with Gasteiger partial charge in [-0.15, -0.1) is 10.2 Å². The van der Waals surface area contributed by atoms with Crippen LogP contribution in [0.15, 0.2) is 36.4 Å². The average molecular weight is 437 g/mol. The molecule has 0 bridgehead atoms. The third kappa shape index (κ3) is 4.60. The van der Waals surface area contributed by atoms with E-state index in [0.29, 0.717) is 11.6 Å². The molecule has 0 saturated carbocycles. The number of nitrogens with zero attached hydrogens (tertiary/aromatic N) is 6. The molecule has 0 unspecified atom stereocenters. The van der Waals surface area contributed by atoms with E-state index in [2.05, 4.69) is 56.0 Å². The molecular weight excluding hydrogens is 404 g/mol. The van der Waals surface area contributed by atoms with E-state index < -0.39 is 5.60 Å². The van der Waals surface area contributed by atoms with Crippen LogP contribution in [-0.2, 0) is 5.60 Å². The first-order chi connectivity index (χ1) is 15.2. The first-order valence-corrected chi connectivity index (χ1v) is 11.2. The van der Waals surface area contributed by atoms with Crippen LogP contribution in [0.4, 0.5) is 11.6 Å². The van der Waals surface area contributed by atoms with Crippen molar-refractivity contribution in [1.82, 2.24) is 20.2 Å². The van der Waals surface area contributed by atoms with Crippen LogP contribution in [0.3, 0.4) is 0 Å². The predicted molar refractivity (Wildman–Crippen MR) is 125 cm³/mol. The Labute approximate surface area is 189 Å². The first-order valence-electron chi connectivity index (χ1n) is 11.2. The minimum Gasteiger partial charge on any atom is -0.438 e. The molecule has 0 spiro atoms. The Hall–Kier alpha value is -3.00. The maximum absolute atomic E-state index is 10.1. The summed E-state index contributed by atoms with van der Waals surface area (Å²) < 4.78 is 5.98. The lowest BCUT2D eigenvalue weighted by molar-refractivity contribution is 0.0734. The molecule has 0 aromatic carbocycles. The third-order valence-electron chi connectivity index (χ3n) is 6.12. The molecule has 1 aliphatic carbocycles. The van der Waals surface area contributed by atoms with Crippen molar-refractivity contribution < 1.29 is 9.84 Å². The molecule has 32 heavy (non-hydrogen) atoms. The van der Waals surface area contributed by atoms with Crippen LogP contribution in [0, 0.1) is 13.8 Å². The Morgan fingerprint density at radius 2 is 1.88 bits per heavy atom. The molecule has 170 valence electrons. The topological polar surface area (TPSA) is 87.5 Å². The molecule has 2 aliphatic rings. The first kappa shape index (κ1) is 22.2. The molecule has 2 aromatic heterocycles. The minimum absolute atomic E-state index is 0.223. The van der Waals surface area contributed by atoms with Gasteiger partial charge in [-0.2, -0.15) is 0 Å². The molecule has 1 fully saturated rings. The number of anilines is 2. The van der Waals surface area contributed by atoms with E-state index in [0.717, 1.165) is 61.0 Å². The fraction of sp³-hybridized carbons (Fsp3) is 0.500. The number of hydrogen-bond donors (Lipinski definition) is 1. The van der Waals surface area contributed by atoms with E-state index in [4.69, 9.17) is 4.74 Å². The summed E-state index contributed by atoms with van der Waals surface area (Å²) >= 11 is 0. The van der Waals surface area contributed by atoms with E-state index in [-0.39, 0.29) is 6.04 Å².